The number of hydrogen-bond acceptors (Lipinski definition) is 7. The van der Waals surface area contributed by atoms with E-state index in [9.17, 15) is 19.7 Å². The van der Waals surface area contributed by atoms with Crippen LogP contribution in [0.2, 0.25) is 0 Å². The molecule has 0 aliphatic rings. The number of aromatic nitrogens is 2. The molecule has 9 nitrogen and oxygen atoms in total. The van der Waals surface area contributed by atoms with E-state index in [0.717, 1.165) is 0 Å². The molecule has 0 radical (unpaired) electrons. The standard InChI is InChI=1S/C7H9N5O4/c1-3(2-13)9-5-4(12(15)16)6(14)11-7(8)10-5/h2-3H,1H3,(H4,8,9,10,11,14). The first-order chi connectivity index (χ1) is 7.45. The number of hydrogen-bond donors (Lipinski definition) is 3. The van der Waals surface area contributed by atoms with Gasteiger partial charge in [0.15, 0.2) is 0 Å². The summed E-state index contributed by atoms with van der Waals surface area (Å²) in [6, 6.07) is -0.715. The topological polar surface area (TPSA) is 144 Å². The Bertz CT molecular complexity index is 482. The van der Waals surface area contributed by atoms with Crippen molar-refractivity contribution in [3.05, 3.63) is 20.5 Å². The summed E-state index contributed by atoms with van der Waals surface area (Å²) in [6.07, 6.45) is 0.517. The molecule has 0 saturated heterocycles. The number of nitro groups is 1. The Morgan fingerprint density at radius 1 is 1.69 bits per heavy atom. The lowest BCUT2D eigenvalue weighted by molar-refractivity contribution is -0.385. The van der Waals surface area contributed by atoms with Gasteiger partial charge in [0, 0.05) is 0 Å². The normalized spacial score (nSPS) is 11.8. The van der Waals surface area contributed by atoms with E-state index >= 15 is 0 Å². The summed E-state index contributed by atoms with van der Waals surface area (Å²) in [5.74, 6) is -0.595. The maximum Gasteiger partial charge on any atom is 0.375 e. The number of rotatable bonds is 4. The van der Waals surface area contributed by atoms with Gasteiger partial charge >= 0.3 is 11.2 Å². The second kappa shape index (κ2) is 4.38. The molecule has 86 valence electrons. The molecule has 1 aromatic heterocycles. The number of H-pyrrole nitrogens is 1. The SMILES string of the molecule is CC(C=O)Nc1nc(N)[nH]c(=O)c1[N+](=O)[O-]. The quantitative estimate of drug-likeness (QED) is 0.349. The molecule has 1 aromatic rings. The number of anilines is 2. The van der Waals surface area contributed by atoms with Crippen molar-refractivity contribution in [3.8, 4) is 0 Å². The van der Waals surface area contributed by atoms with Gasteiger partial charge in [0.25, 0.3) is 0 Å². The Kier molecular flexibility index (Phi) is 3.18. The molecule has 0 amide bonds. The molecule has 4 N–H and O–H groups in total. The fourth-order valence-corrected chi connectivity index (χ4v) is 1.00. The van der Waals surface area contributed by atoms with E-state index < -0.39 is 22.2 Å². The third-order valence-electron chi connectivity index (χ3n) is 1.66. The molecule has 1 rings (SSSR count). The molecule has 0 bridgehead atoms. The maximum absolute atomic E-state index is 11.2. The van der Waals surface area contributed by atoms with Crippen LogP contribution in [-0.2, 0) is 4.79 Å². The molecule has 0 spiro atoms. The van der Waals surface area contributed by atoms with Gasteiger partial charge in [-0.1, -0.05) is 0 Å². The van der Waals surface area contributed by atoms with Gasteiger partial charge in [-0.05, 0) is 6.92 Å². The lowest BCUT2D eigenvalue weighted by Gasteiger charge is -2.07. The van der Waals surface area contributed by atoms with Crippen molar-refractivity contribution in [2.45, 2.75) is 13.0 Å². The van der Waals surface area contributed by atoms with Crippen molar-refractivity contribution in [2.24, 2.45) is 0 Å². The zero-order valence-electron chi connectivity index (χ0n) is 8.26. The molecule has 16 heavy (non-hydrogen) atoms. The first kappa shape index (κ1) is 11.6. The van der Waals surface area contributed by atoms with Crippen LogP contribution in [0, 0.1) is 10.1 Å². The second-order valence-electron chi connectivity index (χ2n) is 2.97. The second-order valence-corrected chi connectivity index (χ2v) is 2.97. The minimum atomic E-state index is -0.974. The molecule has 1 heterocycles. The minimum Gasteiger partial charge on any atom is -0.369 e. The maximum atomic E-state index is 11.2. The van der Waals surface area contributed by atoms with Crippen LogP contribution in [0.3, 0.4) is 0 Å². The van der Waals surface area contributed by atoms with Crippen molar-refractivity contribution in [1.82, 2.24) is 9.97 Å². The van der Waals surface area contributed by atoms with Gasteiger partial charge in [-0.2, -0.15) is 4.98 Å². The molecular formula is C7H9N5O4. The van der Waals surface area contributed by atoms with Crippen LogP contribution in [0.25, 0.3) is 0 Å². The average molecular weight is 227 g/mol. The Balaban J connectivity index is 3.29. The highest BCUT2D eigenvalue weighted by Gasteiger charge is 2.22. The van der Waals surface area contributed by atoms with Crippen LogP contribution in [-0.4, -0.2) is 27.2 Å². The fourth-order valence-electron chi connectivity index (χ4n) is 1.00. The molecule has 0 fully saturated rings. The lowest BCUT2D eigenvalue weighted by Crippen LogP contribution is -2.23. The molecule has 9 heteroatoms. The average Bonchev–Trinajstić information content (AvgIpc) is 2.15. The minimum absolute atomic E-state index is 0.267. The summed E-state index contributed by atoms with van der Waals surface area (Å²) in [4.78, 5) is 36.9. The van der Waals surface area contributed by atoms with Gasteiger partial charge in [-0.25, -0.2) is 0 Å². The van der Waals surface area contributed by atoms with Crippen LogP contribution in [0.15, 0.2) is 4.79 Å². The number of carbonyl (C=O) groups is 1. The third-order valence-corrected chi connectivity index (χ3v) is 1.66. The summed E-state index contributed by atoms with van der Waals surface area (Å²) in [5, 5.41) is 13.0. The molecule has 0 saturated carbocycles. The van der Waals surface area contributed by atoms with E-state index in [4.69, 9.17) is 5.73 Å². The van der Waals surface area contributed by atoms with E-state index in [0.29, 0.717) is 6.29 Å². The van der Waals surface area contributed by atoms with Crippen LogP contribution in [0.4, 0.5) is 17.5 Å². The van der Waals surface area contributed by atoms with Gasteiger partial charge in [0.2, 0.25) is 11.8 Å². The molecule has 0 aromatic carbocycles. The molecular weight excluding hydrogens is 218 g/mol. The van der Waals surface area contributed by atoms with Crippen LogP contribution >= 0.6 is 0 Å². The fraction of sp³-hybridized carbons (Fsp3) is 0.286. The van der Waals surface area contributed by atoms with Crippen molar-refractivity contribution >= 4 is 23.7 Å². The Morgan fingerprint density at radius 3 is 2.81 bits per heavy atom. The van der Waals surface area contributed by atoms with Crippen molar-refractivity contribution in [2.75, 3.05) is 11.1 Å². The number of aldehydes is 1. The van der Waals surface area contributed by atoms with Crippen molar-refractivity contribution in [1.29, 1.82) is 0 Å². The van der Waals surface area contributed by atoms with Crippen LogP contribution in [0.1, 0.15) is 6.92 Å². The van der Waals surface area contributed by atoms with Crippen LogP contribution < -0.4 is 16.6 Å². The first-order valence-corrected chi connectivity index (χ1v) is 4.21. The van der Waals surface area contributed by atoms with Crippen molar-refractivity contribution < 1.29 is 9.72 Å². The third kappa shape index (κ3) is 2.32. The Labute approximate surface area is 88.8 Å². The summed E-state index contributed by atoms with van der Waals surface area (Å²) in [7, 11) is 0. The van der Waals surface area contributed by atoms with Gasteiger partial charge in [-0.3, -0.25) is 19.9 Å². The Hall–Kier alpha value is -2.45. The zero-order valence-corrected chi connectivity index (χ0v) is 8.26. The number of aromatic amines is 1. The molecule has 1 atom stereocenters. The number of nitrogens with two attached hydrogens (primary N) is 1. The van der Waals surface area contributed by atoms with E-state index in [-0.39, 0.29) is 11.8 Å². The van der Waals surface area contributed by atoms with Gasteiger partial charge in [0.05, 0.1) is 11.0 Å². The molecule has 1 unspecified atom stereocenters. The molecule has 0 aliphatic carbocycles. The van der Waals surface area contributed by atoms with E-state index in [1.807, 2.05) is 4.98 Å². The summed E-state index contributed by atoms with van der Waals surface area (Å²) in [5.41, 5.74) is 3.48. The lowest BCUT2D eigenvalue weighted by atomic mass is 10.3. The summed E-state index contributed by atoms with van der Waals surface area (Å²) >= 11 is 0. The number of nitrogen functional groups attached to an aromatic ring is 1. The predicted octanol–water partition coefficient (Wildman–Crippen LogP) is -0.740. The van der Waals surface area contributed by atoms with Gasteiger partial charge in [-0.15, -0.1) is 0 Å². The Morgan fingerprint density at radius 2 is 2.31 bits per heavy atom. The van der Waals surface area contributed by atoms with Crippen LogP contribution in [0.5, 0.6) is 0 Å². The van der Waals surface area contributed by atoms with Gasteiger partial charge < -0.3 is 15.8 Å². The summed E-state index contributed by atoms with van der Waals surface area (Å²) < 4.78 is 0. The number of carbonyl (C=O) groups excluding carboxylic acids is 1. The predicted molar refractivity (Wildman–Crippen MR) is 55.1 cm³/mol. The first-order valence-electron chi connectivity index (χ1n) is 4.21. The largest absolute Gasteiger partial charge is 0.375 e. The highest BCUT2D eigenvalue weighted by molar-refractivity contribution is 5.66. The van der Waals surface area contributed by atoms with Crippen molar-refractivity contribution in [3.63, 3.8) is 0 Å². The highest BCUT2D eigenvalue weighted by atomic mass is 16.6. The smallest absolute Gasteiger partial charge is 0.369 e. The molecule has 0 aliphatic heterocycles. The number of nitrogens with zero attached hydrogens (tertiary/aromatic N) is 2. The van der Waals surface area contributed by atoms with E-state index in [2.05, 4.69) is 10.3 Å². The van der Waals surface area contributed by atoms with E-state index in [1.54, 1.807) is 0 Å². The number of nitrogens with one attached hydrogen (secondary N) is 2. The summed E-state index contributed by atoms with van der Waals surface area (Å²) in [6.45, 7) is 1.45. The van der Waals surface area contributed by atoms with Gasteiger partial charge in [0.1, 0.15) is 6.29 Å². The highest BCUT2D eigenvalue weighted by Crippen LogP contribution is 2.17. The van der Waals surface area contributed by atoms with E-state index in [1.165, 1.54) is 6.92 Å². The zero-order chi connectivity index (χ0) is 12.3. The monoisotopic (exact) mass is 227 g/mol.